The standard InChI is InChI=1S/C26H56NO4P/c1-4-7-10-11-12-13-14-15-16-17-18-19-20-21-22-23-24-27-31-32(28,29-25-8-5-2)30-26-9-6-3/h27H,4-26H2,1-3H3. The van der Waals surface area contributed by atoms with Crippen LogP contribution in [0.2, 0.25) is 0 Å². The number of hydrogen-bond acceptors (Lipinski definition) is 5. The van der Waals surface area contributed by atoms with Gasteiger partial charge < -0.3 is 0 Å². The largest absolute Gasteiger partial charge is 0.491 e. The SMILES string of the molecule is CCCCCCCCCCCCCCCCCCNOP(=O)(OCCCC)OCCCC. The fourth-order valence-corrected chi connectivity index (χ4v) is 4.74. The molecule has 0 radical (unpaired) electrons. The lowest BCUT2D eigenvalue weighted by Crippen LogP contribution is -2.17. The quantitative estimate of drug-likeness (QED) is 0.0725. The molecule has 0 aliphatic rings. The van der Waals surface area contributed by atoms with Gasteiger partial charge in [0.1, 0.15) is 0 Å². The Morgan fingerprint density at radius 2 is 0.844 bits per heavy atom. The fraction of sp³-hybridized carbons (Fsp3) is 1.00. The number of phosphoric acid groups is 1. The topological polar surface area (TPSA) is 56.8 Å². The monoisotopic (exact) mass is 477 g/mol. The molecule has 0 unspecified atom stereocenters. The van der Waals surface area contributed by atoms with E-state index in [-0.39, 0.29) is 0 Å². The van der Waals surface area contributed by atoms with Gasteiger partial charge in [-0.1, -0.05) is 130 Å². The molecular formula is C26H56NO4P. The average molecular weight is 478 g/mol. The Morgan fingerprint density at radius 3 is 1.22 bits per heavy atom. The summed E-state index contributed by atoms with van der Waals surface area (Å²) in [7, 11) is -3.48. The van der Waals surface area contributed by atoms with E-state index in [2.05, 4.69) is 26.3 Å². The van der Waals surface area contributed by atoms with Crippen molar-refractivity contribution in [3.63, 3.8) is 0 Å². The van der Waals surface area contributed by atoms with Crippen molar-refractivity contribution in [2.45, 2.75) is 149 Å². The van der Waals surface area contributed by atoms with E-state index >= 15 is 0 Å². The van der Waals surface area contributed by atoms with Gasteiger partial charge in [0.15, 0.2) is 0 Å². The number of hydroxylamine groups is 1. The molecule has 0 saturated heterocycles. The van der Waals surface area contributed by atoms with Gasteiger partial charge in [-0.25, -0.2) is 4.57 Å². The molecule has 0 spiro atoms. The maximum absolute atomic E-state index is 12.6. The summed E-state index contributed by atoms with van der Waals surface area (Å²) in [5.41, 5.74) is 2.82. The van der Waals surface area contributed by atoms with Gasteiger partial charge in [-0.05, 0) is 19.3 Å². The molecule has 0 aliphatic heterocycles. The van der Waals surface area contributed by atoms with Crippen molar-refractivity contribution >= 4 is 7.82 Å². The molecule has 0 fully saturated rings. The number of nitrogens with one attached hydrogen (secondary N) is 1. The molecule has 6 heteroatoms. The first-order chi connectivity index (χ1) is 15.7. The lowest BCUT2D eigenvalue weighted by atomic mass is 10.0. The van der Waals surface area contributed by atoms with E-state index < -0.39 is 7.82 Å². The normalized spacial score (nSPS) is 12.0. The second kappa shape index (κ2) is 25.7. The minimum absolute atomic E-state index is 0.403. The highest BCUT2D eigenvalue weighted by molar-refractivity contribution is 7.48. The first-order valence-electron chi connectivity index (χ1n) is 14.0. The predicted molar refractivity (Wildman–Crippen MR) is 138 cm³/mol. The van der Waals surface area contributed by atoms with Crippen LogP contribution < -0.4 is 5.48 Å². The molecule has 5 nitrogen and oxygen atoms in total. The van der Waals surface area contributed by atoms with E-state index in [1.807, 2.05) is 0 Å². The van der Waals surface area contributed by atoms with Crippen molar-refractivity contribution in [2.24, 2.45) is 0 Å². The molecule has 194 valence electrons. The van der Waals surface area contributed by atoms with Gasteiger partial charge in [-0.3, -0.25) is 9.05 Å². The van der Waals surface area contributed by atoms with Crippen LogP contribution in [0.5, 0.6) is 0 Å². The summed E-state index contributed by atoms with van der Waals surface area (Å²) in [5.74, 6) is 0. The molecule has 0 heterocycles. The van der Waals surface area contributed by atoms with E-state index in [1.54, 1.807) is 0 Å². The van der Waals surface area contributed by atoms with Gasteiger partial charge >= 0.3 is 7.82 Å². The lowest BCUT2D eigenvalue weighted by Gasteiger charge is -2.17. The third-order valence-corrected chi connectivity index (χ3v) is 7.15. The Hall–Kier alpha value is 0.0700. The number of rotatable bonds is 27. The fourth-order valence-electron chi connectivity index (χ4n) is 3.60. The van der Waals surface area contributed by atoms with Crippen LogP contribution in [0.4, 0.5) is 0 Å². The third kappa shape index (κ3) is 23.2. The summed E-state index contributed by atoms with van der Waals surface area (Å²) in [5, 5.41) is 0. The van der Waals surface area contributed by atoms with Crippen LogP contribution in [0.15, 0.2) is 0 Å². The molecular weight excluding hydrogens is 421 g/mol. The molecule has 0 aromatic heterocycles. The van der Waals surface area contributed by atoms with Crippen molar-refractivity contribution < 1.29 is 18.2 Å². The van der Waals surface area contributed by atoms with Gasteiger partial charge in [0, 0.05) is 6.54 Å². The van der Waals surface area contributed by atoms with Crippen LogP contribution in [0.3, 0.4) is 0 Å². The van der Waals surface area contributed by atoms with Crippen LogP contribution in [-0.2, 0) is 18.2 Å². The van der Waals surface area contributed by atoms with Gasteiger partial charge in [-0.15, -0.1) is 0 Å². The average Bonchev–Trinajstić information content (AvgIpc) is 2.79. The number of phosphoric ester groups is 1. The summed E-state index contributed by atoms with van der Waals surface area (Å²) < 4.78 is 28.7. The number of unbranched alkanes of at least 4 members (excludes halogenated alkanes) is 17. The smallest absolute Gasteiger partial charge is 0.286 e. The minimum atomic E-state index is -3.48. The molecule has 0 rings (SSSR count). The molecule has 32 heavy (non-hydrogen) atoms. The predicted octanol–water partition coefficient (Wildman–Crippen LogP) is 9.51. The summed E-state index contributed by atoms with van der Waals surface area (Å²) in [6.45, 7) is 7.91. The third-order valence-electron chi connectivity index (χ3n) is 5.80. The summed E-state index contributed by atoms with van der Waals surface area (Å²) in [6, 6.07) is 0. The summed E-state index contributed by atoms with van der Waals surface area (Å²) in [6.07, 6.45) is 25.4. The highest BCUT2D eigenvalue weighted by Gasteiger charge is 2.26. The van der Waals surface area contributed by atoms with E-state index in [0.29, 0.717) is 19.8 Å². The van der Waals surface area contributed by atoms with Gasteiger partial charge in [-0.2, -0.15) is 10.1 Å². The molecule has 0 amide bonds. The number of hydrogen-bond donors (Lipinski definition) is 1. The molecule has 0 aromatic carbocycles. The van der Waals surface area contributed by atoms with E-state index in [9.17, 15) is 4.57 Å². The van der Waals surface area contributed by atoms with Crippen LogP contribution in [0, 0.1) is 0 Å². The van der Waals surface area contributed by atoms with Gasteiger partial charge in [0.2, 0.25) is 0 Å². The maximum atomic E-state index is 12.6. The Bertz CT molecular complexity index is 395. The first-order valence-corrected chi connectivity index (χ1v) is 15.4. The van der Waals surface area contributed by atoms with Crippen molar-refractivity contribution in [1.82, 2.24) is 5.48 Å². The van der Waals surface area contributed by atoms with E-state index in [1.165, 1.54) is 96.3 Å². The molecule has 0 aromatic rings. The Kier molecular flexibility index (Phi) is 25.7. The van der Waals surface area contributed by atoms with E-state index in [0.717, 1.165) is 32.1 Å². The van der Waals surface area contributed by atoms with Crippen molar-refractivity contribution in [2.75, 3.05) is 19.8 Å². The maximum Gasteiger partial charge on any atom is 0.491 e. The van der Waals surface area contributed by atoms with Gasteiger partial charge in [0.05, 0.1) is 13.2 Å². The van der Waals surface area contributed by atoms with Crippen LogP contribution >= 0.6 is 7.82 Å². The highest BCUT2D eigenvalue weighted by Crippen LogP contribution is 2.48. The Balaban J connectivity index is 3.47. The van der Waals surface area contributed by atoms with Crippen molar-refractivity contribution in [3.8, 4) is 0 Å². The molecule has 1 N–H and O–H groups in total. The molecule has 0 saturated carbocycles. The zero-order valence-electron chi connectivity index (χ0n) is 21.8. The zero-order chi connectivity index (χ0) is 23.6. The first kappa shape index (κ1) is 32.1. The van der Waals surface area contributed by atoms with Crippen LogP contribution in [0.1, 0.15) is 149 Å². The highest BCUT2D eigenvalue weighted by atomic mass is 31.2. The van der Waals surface area contributed by atoms with Crippen LogP contribution in [0.25, 0.3) is 0 Å². The molecule has 0 bridgehead atoms. The second-order valence-corrected chi connectivity index (χ2v) is 10.7. The Labute approximate surface area is 200 Å². The second-order valence-electron chi connectivity index (χ2n) is 9.11. The van der Waals surface area contributed by atoms with E-state index in [4.69, 9.17) is 13.7 Å². The van der Waals surface area contributed by atoms with Crippen molar-refractivity contribution in [1.29, 1.82) is 0 Å². The Morgan fingerprint density at radius 1 is 0.500 bits per heavy atom. The summed E-state index contributed by atoms with van der Waals surface area (Å²) >= 11 is 0. The van der Waals surface area contributed by atoms with Gasteiger partial charge in [0.25, 0.3) is 0 Å². The zero-order valence-corrected chi connectivity index (χ0v) is 22.7. The summed E-state index contributed by atoms with van der Waals surface area (Å²) in [4.78, 5) is 0. The molecule has 0 atom stereocenters. The van der Waals surface area contributed by atoms with Crippen molar-refractivity contribution in [3.05, 3.63) is 0 Å². The minimum Gasteiger partial charge on any atom is -0.286 e. The lowest BCUT2D eigenvalue weighted by molar-refractivity contribution is 0.0694. The van der Waals surface area contributed by atoms with Crippen LogP contribution in [-0.4, -0.2) is 19.8 Å². The molecule has 0 aliphatic carbocycles.